The Morgan fingerprint density at radius 1 is 1.00 bits per heavy atom. The lowest BCUT2D eigenvalue weighted by molar-refractivity contribution is -0.146. The summed E-state index contributed by atoms with van der Waals surface area (Å²) in [6.45, 7) is 4.61. The zero-order valence-corrected chi connectivity index (χ0v) is 16.6. The monoisotopic (exact) mass is 368 g/mol. The molecule has 0 aromatic heterocycles. The zero-order valence-electron chi connectivity index (χ0n) is 16.6. The van der Waals surface area contributed by atoms with E-state index < -0.39 is 0 Å². The van der Waals surface area contributed by atoms with Gasteiger partial charge in [0.15, 0.2) is 0 Å². The summed E-state index contributed by atoms with van der Waals surface area (Å²) in [4.78, 5) is 25.2. The molecule has 0 spiro atoms. The molecule has 1 aromatic carbocycles. The van der Waals surface area contributed by atoms with Crippen molar-refractivity contribution in [3.8, 4) is 0 Å². The standard InChI is InChI=1S/C23H32N2O2/c1-15-5-3-6-16(2)21(15)25-20(26)7-4-8-24-22(27)23-12-17-9-18(13-23)11-19(10-17)14-23/h3,5-6,17-19H,4,7-14H2,1-2H3,(H,24,27)(H,25,26). The highest BCUT2D eigenvalue weighted by Crippen LogP contribution is 2.60. The number of hydrogen-bond acceptors (Lipinski definition) is 2. The normalized spacial score (nSPS) is 31.0. The Morgan fingerprint density at radius 3 is 2.11 bits per heavy atom. The van der Waals surface area contributed by atoms with Gasteiger partial charge in [-0.2, -0.15) is 0 Å². The molecule has 4 fully saturated rings. The minimum absolute atomic E-state index is 0.0245. The second kappa shape index (κ2) is 7.29. The first-order chi connectivity index (χ1) is 12.9. The number of carbonyl (C=O) groups excluding carboxylic acids is 2. The van der Waals surface area contributed by atoms with Gasteiger partial charge in [-0.3, -0.25) is 9.59 Å². The molecule has 2 N–H and O–H groups in total. The number of hydrogen-bond donors (Lipinski definition) is 2. The van der Waals surface area contributed by atoms with E-state index in [0.29, 0.717) is 19.4 Å². The van der Waals surface area contributed by atoms with Gasteiger partial charge in [0.05, 0.1) is 0 Å². The number of carbonyl (C=O) groups is 2. The lowest BCUT2D eigenvalue weighted by atomic mass is 9.49. The Bertz CT molecular complexity index is 684. The lowest BCUT2D eigenvalue weighted by Gasteiger charge is -2.55. The molecule has 0 atom stereocenters. The average Bonchev–Trinajstić information content (AvgIpc) is 2.60. The van der Waals surface area contributed by atoms with E-state index in [1.807, 2.05) is 32.0 Å². The molecule has 5 rings (SSSR count). The van der Waals surface area contributed by atoms with Crippen LogP contribution in [0.1, 0.15) is 62.5 Å². The van der Waals surface area contributed by atoms with Crippen LogP contribution in [0.25, 0.3) is 0 Å². The zero-order chi connectivity index (χ0) is 19.0. The molecular formula is C23H32N2O2. The molecule has 4 bridgehead atoms. The highest BCUT2D eigenvalue weighted by Gasteiger charge is 2.54. The van der Waals surface area contributed by atoms with Crippen LogP contribution in [0.3, 0.4) is 0 Å². The van der Waals surface area contributed by atoms with Crippen LogP contribution in [0, 0.1) is 37.0 Å². The van der Waals surface area contributed by atoms with Gasteiger partial charge in [0, 0.05) is 24.1 Å². The molecule has 0 unspecified atom stereocenters. The summed E-state index contributed by atoms with van der Waals surface area (Å²) in [5, 5.41) is 6.19. The predicted octanol–water partition coefficient (Wildman–Crippen LogP) is 4.35. The fraction of sp³-hybridized carbons (Fsp3) is 0.652. The fourth-order valence-corrected chi connectivity index (χ4v) is 6.24. The van der Waals surface area contributed by atoms with Gasteiger partial charge < -0.3 is 10.6 Å². The Kier molecular flexibility index (Phi) is 5.00. The lowest BCUT2D eigenvalue weighted by Crippen LogP contribution is -2.53. The predicted molar refractivity (Wildman–Crippen MR) is 107 cm³/mol. The molecule has 2 amide bonds. The Labute approximate surface area is 162 Å². The summed E-state index contributed by atoms with van der Waals surface area (Å²) in [5.41, 5.74) is 2.99. The number of nitrogens with one attached hydrogen (secondary N) is 2. The van der Waals surface area contributed by atoms with Crippen LogP contribution in [0.4, 0.5) is 5.69 Å². The van der Waals surface area contributed by atoms with Crippen molar-refractivity contribution < 1.29 is 9.59 Å². The molecule has 4 heteroatoms. The van der Waals surface area contributed by atoms with E-state index in [-0.39, 0.29) is 17.2 Å². The maximum absolute atomic E-state index is 12.9. The van der Waals surface area contributed by atoms with E-state index in [4.69, 9.17) is 0 Å². The summed E-state index contributed by atoms with van der Waals surface area (Å²) in [6.07, 6.45) is 8.47. The van der Waals surface area contributed by atoms with Gasteiger partial charge in [-0.05, 0) is 87.7 Å². The van der Waals surface area contributed by atoms with Crippen molar-refractivity contribution >= 4 is 17.5 Å². The first-order valence-corrected chi connectivity index (χ1v) is 10.6. The molecule has 0 aliphatic heterocycles. The Morgan fingerprint density at radius 2 is 1.56 bits per heavy atom. The van der Waals surface area contributed by atoms with Crippen molar-refractivity contribution in [2.24, 2.45) is 23.2 Å². The molecule has 1 aromatic rings. The number of amides is 2. The van der Waals surface area contributed by atoms with Gasteiger partial charge in [0.1, 0.15) is 0 Å². The van der Waals surface area contributed by atoms with Gasteiger partial charge in [0.2, 0.25) is 11.8 Å². The fourth-order valence-electron chi connectivity index (χ4n) is 6.24. The van der Waals surface area contributed by atoms with Crippen LogP contribution in [-0.2, 0) is 9.59 Å². The van der Waals surface area contributed by atoms with Crippen molar-refractivity contribution in [3.63, 3.8) is 0 Å². The highest BCUT2D eigenvalue weighted by atomic mass is 16.2. The SMILES string of the molecule is Cc1cccc(C)c1NC(=O)CCCNC(=O)C12CC3CC(CC(C3)C1)C2. The molecule has 4 saturated carbocycles. The third-order valence-corrected chi connectivity index (χ3v) is 7.13. The number of benzene rings is 1. The minimum atomic E-state index is -0.0880. The van der Waals surface area contributed by atoms with Crippen molar-refractivity contribution in [1.82, 2.24) is 5.32 Å². The minimum Gasteiger partial charge on any atom is -0.356 e. The van der Waals surface area contributed by atoms with Gasteiger partial charge in [-0.1, -0.05) is 18.2 Å². The average molecular weight is 369 g/mol. The smallest absolute Gasteiger partial charge is 0.226 e. The maximum atomic E-state index is 12.9. The third-order valence-electron chi connectivity index (χ3n) is 7.13. The number of anilines is 1. The Balaban J connectivity index is 1.23. The summed E-state index contributed by atoms with van der Waals surface area (Å²) in [6, 6.07) is 6.02. The van der Waals surface area contributed by atoms with Crippen LogP contribution >= 0.6 is 0 Å². The van der Waals surface area contributed by atoms with Gasteiger partial charge in [0.25, 0.3) is 0 Å². The number of rotatable bonds is 6. The Hall–Kier alpha value is -1.84. The van der Waals surface area contributed by atoms with Crippen molar-refractivity contribution in [1.29, 1.82) is 0 Å². The van der Waals surface area contributed by atoms with Crippen LogP contribution in [0.2, 0.25) is 0 Å². The van der Waals surface area contributed by atoms with E-state index in [0.717, 1.165) is 53.8 Å². The van der Waals surface area contributed by atoms with Gasteiger partial charge >= 0.3 is 0 Å². The van der Waals surface area contributed by atoms with Crippen molar-refractivity contribution in [2.75, 3.05) is 11.9 Å². The largest absolute Gasteiger partial charge is 0.356 e. The molecule has 4 aliphatic carbocycles. The maximum Gasteiger partial charge on any atom is 0.226 e. The van der Waals surface area contributed by atoms with E-state index in [9.17, 15) is 9.59 Å². The summed E-state index contributed by atoms with van der Waals surface area (Å²) >= 11 is 0. The van der Waals surface area contributed by atoms with Crippen molar-refractivity contribution in [3.05, 3.63) is 29.3 Å². The molecular weight excluding hydrogens is 336 g/mol. The first-order valence-electron chi connectivity index (χ1n) is 10.6. The summed E-state index contributed by atoms with van der Waals surface area (Å²) in [5.74, 6) is 2.63. The molecule has 0 saturated heterocycles. The van der Waals surface area contributed by atoms with Crippen LogP contribution in [-0.4, -0.2) is 18.4 Å². The second-order valence-corrected chi connectivity index (χ2v) is 9.37. The molecule has 0 heterocycles. The summed E-state index contributed by atoms with van der Waals surface area (Å²) < 4.78 is 0. The van der Waals surface area contributed by atoms with E-state index in [1.165, 1.54) is 19.3 Å². The second-order valence-electron chi connectivity index (χ2n) is 9.37. The van der Waals surface area contributed by atoms with E-state index >= 15 is 0 Å². The highest BCUT2D eigenvalue weighted by molar-refractivity contribution is 5.92. The number of aryl methyl sites for hydroxylation is 2. The molecule has 4 nitrogen and oxygen atoms in total. The molecule has 0 radical (unpaired) electrons. The van der Waals surface area contributed by atoms with E-state index in [2.05, 4.69) is 10.6 Å². The summed E-state index contributed by atoms with van der Waals surface area (Å²) in [7, 11) is 0. The number of para-hydroxylation sites is 1. The molecule has 27 heavy (non-hydrogen) atoms. The van der Waals surface area contributed by atoms with Crippen LogP contribution in [0.15, 0.2) is 18.2 Å². The van der Waals surface area contributed by atoms with Crippen LogP contribution < -0.4 is 10.6 Å². The topological polar surface area (TPSA) is 58.2 Å². The van der Waals surface area contributed by atoms with Gasteiger partial charge in [-0.15, -0.1) is 0 Å². The van der Waals surface area contributed by atoms with Gasteiger partial charge in [-0.25, -0.2) is 0 Å². The van der Waals surface area contributed by atoms with Crippen molar-refractivity contribution in [2.45, 2.75) is 65.2 Å². The van der Waals surface area contributed by atoms with Crippen LogP contribution in [0.5, 0.6) is 0 Å². The molecule has 4 aliphatic rings. The third kappa shape index (κ3) is 3.76. The first kappa shape index (κ1) is 18.5. The van der Waals surface area contributed by atoms with E-state index in [1.54, 1.807) is 0 Å². The quantitative estimate of drug-likeness (QED) is 0.733. The molecule has 146 valence electrons.